The molecule has 0 atom stereocenters. The van der Waals surface area contributed by atoms with Gasteiger partial charge in [-0.1, -0.05) is 12.1 Å². The molecule has 9 heteroatoms. The number of aromatic nitrogens is 2. The van der Waals surface area contributed by atoms with Gasteiger partial charge in [-0.05, 0) is 50.2 Å². The van der Waals surface area contributed by atoms with Gasteiger partial charge in [-0.15, -0.1) is 0 Å². The molecule has 3 rings (SSSR count). The molecule has 0 spiro atoms. The van der Waals surface area contributed by atoms with Crippen LogP contribution < -0.4 is 20.1 Å². The number of ether oxygens (including phenoxy) is 2. The summed E-state index contributed by atoms with van der Waals surface area (Å²) in [6.45, 7) is 4.06. The predicted octanol–water partition coefficient (Wildman–Crippen LogP) is 4.59. The van der Waals surface area contributed by atoms with Crippen molar-refractivity contribution in [2.45, 2.75) is 13.8 Å². The summed E-state index contributed by atoms with van der Waals surface area (Å²) in [5, 5.41) is 17.6. The molecule has 0 amide bonds. The van der Waals surface area contributed by atoms with Gasteiger partial charge in [0.15, 0.2) is 0 Å². The smallest absolute Gasteiger partial charge is 0.332 e. The summed E-state index contributed by atoms with van der Waals surface area (Å²) < 4.78 is 10.7. The molecular weight excluding hydrogens is 374 g/mol. The van der Waals surface area contributed by atoms with Crippen molar-refractivity contribution in [3.05, 3.63) is 64.3 Å². The maximum absolute atomic E-state index is 11.6. The van der Waals surface area contributed by atoms with Crippen LogP contribution in [0.25, 0.3) is 0 Å². The van der Waals surface area contributed by atoms with Gasteiger partial charge < -0.3 is 20.1 Å². The average molecular weight is 395 g/mol. The molecule has 0 unspecified atom stereocenters. The Balaban J connectivity index is 1.94. The first kappa shape index (κ1) is 19.9. The number of aryl methyl sites for hydroxylation is 1. The van der Waals surface area contributed by atoms with Gasteiger partial charge in [0.05, 0.1) is 24.3 Å². The van der Waals surface area contributed by atoms with Crippen LogP contribution in [0.4, 0.5) is 28.8 Å². The van der Waals surface area contributed by atoms with Crippen molar-refractivity contribution < 1.29 is 14.4 Å². The summed E-state index contributed by atoms with van der Waals surface area (Å²) in [4.78, 5) is 19.6. The zero-order chi connectivity index (χ0) is 20.8. The average Bonchev–Trinajstić information content (AvgIpc) is 2.69. The van der Waals surface area contributed by atoms with Gasteiger partial charge in [-0.3, -0.25) is 10.1 Å². The molecule has 0 aliphatic carbocycles. The van der Waals surface area contributed by atoms with Crippen molar-refractivity contribution in [3.63, 3.8) is 0 Å². The Hall–Kier alpha value is -3.88. The van der Waals surface area contributed by atoms with Crippen LogP contribution in [-0.2, 0) is 0 Å². The lowest BCUT2D eigenvalue weighted by atomic mass is 10.2. The van der Waals surface area contributed by atoms with Crippen LogP contribution in [0.5, 0.6) is 11.5 Å². The second-order valence-corrected chi connectivity index (χ2v) is 5.99. The molecule has 0 bridgehead atoms. The van der Waals surface area contributed by atoms with E-state index in [-0.39, 0.29) is 23.1 Å². The molecule has 3 aromatic rings. The lowest BCUT2D eigenvalue weighted by Gasteiger charge is -2.13. The van der Waals surface area contributed by atoms with E-state index in [1.54, 1.807) is 25.1 Å². The third-order valence-corrected chi connectivity index (χ3v) is 4.02. The first-order valence-electron chi connectivity index (χ1n) is 8.94. The minimum Gasteiger partial charge on any atom is -0.495 e. The van der Waals surface area contributed by atoms with Crippen LogP contribution >= 0.6 is 0 Å². The van der Waals surface area contributed by atoms with Gasteiger partial charge in [0.1, 0.15) is 17.2 Å². The highest BCUT2D eigenvalue weighted by molar-refractivity contribution is 5.72. The molecule has 2 aromatic carbocycles. The van der Waals surface area contributed by atoms with Crippen molar-refractivity contribution in [2.75, 3.05) is 24.4 Å². The highest BCUT2D eigenvalue weighted by Gasteiger charge is 2.23. The summed E-state index contributed by atoms with van der Waals surface area (Å²) in [5.41, 5.74) is 1.32. The van der Waals surface area contributed by atoms with E-state index in [0.29, 0.717) is 18.0 Å². The summed E-state index contributed by atoms with van der Waals surface area (Å²) >= 11 is 0. The Bertz CT molecular complexity index is 1010. The predicted molar refractivity (Wildman–Crippen MR) is 111 cm³/mol. The SMILES string of the molecule is CCOc1ccc(Nc2nc(C)c([N+](=O)[O-])c(Nc3ccccc3OC)n2)cc1. The number of para-hydroxylation sites is 2. The highest BCUT2D eigenvalue weighted by Crippen LogP contribution is 2.33. The number of methoxy groups -OCH3 is 1. The van der Waals surface area contributed by atoms with Gasteiger partial charge in [0.2, 0.25) is 11.8 Å². The quantitative estimate of drug-likeness (QED) is 0.421. The number of nitro groups is 1. The summed E-state index contributed by atoms with van der Waals surface area (Å²) in [5.74, 6) is 1.59. The minimum atomic E-state index is -0.506. The number of nitrogens with zero attached hydrogens (tertiary/aromatic N) is 3. The molecule has 0 radical (unpaired) electrons. The Labute approximate surface area is 167 Å². The Morgan fingerprint density at radius 2 is 1.79 bits per heavy atom. The molecular formula is C20H21N5O4. The van der Waals surface area contributed by atoms with Crippen molar-refractivity contribution in [1.82, 2.24) is 9.97 Å². The van der Waals surface area contributed by atoms with Crippen molar-refractivity contribution >= 4 is 28.8 Å². The van der Waals surface area contributed by atoms with E-state index in [1.165, 1.54) is 7.11 Å². The molecule has 2 N–H and O–H groups in total. The molecule has 0 saturated carbocycles. The third kappa shape index (κ3) is 4.70. The first-order valence-corrected chi connectivity index (χ1v) is 8.94. The molecule has 0 fully saturated rings. The Kier molecular flexibility index (Phi) is 6.08. The third-order valence-electron chi connectivity index (χ3n) is 4.02. The maximum atomic E-state index is 11.6. The van der Waals surface area contributed by atoms with Crippen molar-refractivity contribution in [2.24, 2.45) is 0 Å². The molecule has 1 aromatic heterocycles. The molecule has 1 heterocycles. The number of nitrogens with one attached hydrogen (secondary N) is 2. The maximum Gasteiger partial charge on any atom is 0.332 e. The van der Waals surface area contributed by atoms with Crippen LogP contribution in [0.3, 0.4) is 0 Å². The van der Waals surface area contributed by atoms with Crippen LogP contribution in [0.2, 0.25) is 0 Å². The van der Waals surface area contributed by atoms with E-state index in [0.717, 1.165) is 11.4 Å². The monoisotopic (exact) mass is 395 g/mol. The van der Waals surface area contributed by atoms with Gasteiger partial charge in [0, 0.05) is 5.69 Å². The zero-order valence-corrected chi connectivity index (χ0v) is 16.3. The van der Waals surface area contributed by atoms with E-state index >= 15 is 0 Å². The van der Waals surface area contributed by atoms with E-state index in [4.69, 9.17) is 9.47 Å². The molecule has 0 saturated heterocycles. The van der Waals surface area contributed by atoms with Gasteiger partial charge in [-0.25, -0.2) is 4.98 Å². The second-order valence-electron chi connectivity index (χ2n) is 5.99. The fraction of sp³-hybridized carbons (Fsp3) is 0.200. The minimum absolute atomic E-state index is 0.0698. The topological polar surface area (TPSA) is 111 Å². The van der Waals surface area contributed by atoms with Crippen molar-refractivity contribution in [3.8, 4) is 11.5 Å². The Morgan fingerprint density at radius 3 is 2.45 bits per heavy atom. The molecule has 29 heavy (non-hydrogen) atoms. The fourth-order valence-electron chi connectivity index (χ4n) is 2.73. The number of benzene rings is 2. The van der Waals surface area contributed by atoms with Gasteiger partial charge >= 0.3 is 5.69 Å². The van der Waals surface area contributed by atoms with E-state index in [2.05, 4.69) is 20.6 Å². The number of rotatable bonds is 8. The molecule has 9 nitrogen and oxygen atoms in total. The van der Waals surface area contributed by atoms with Crippen LogP contribution in [0, 0.1) is 17.0 Å². The summed E-state index contributed by atoms with van der Waals surface area (Å²) in [6.07, 6.45) is 0. The van der Waals surface area contributed by atoms with E-state index in [1.807, 2.05) is 37.3 Å². The highest BCUT2D eigenvalue weighted by atomic mass is 16.6. The zero-order valence-electron chi connectivity index (χ0n) is 16.3. The van der Waals surface area contributed by atoms with Gasteiger partial charge in [0.25, 0.3) is 0 Å². The van der Waals surface area contributed by atoms with Crippen LogP contribution in [-0.4, -0.2) is 28.6 Å². The number of hydrogen-bond acceptors (Lipinski definition) is 8. The number of anilines is 4. The van der Waals surface area contributed by atoms with Crippen LogP contribution in [0.15, 0.2) is 48.5 Å². The molecule has 0 aliphatic heterocycles. The molecule has 150 valence electrons. The van der Waals surface area contributed by atoms with Crippen molar-refractivity contribution in [1.29, 1.82) is 0 Å². The van der Waals surface area contributed by atoms with E-state index in [9.17, 15) is 10.1 Å². The second kappa shape index (κ2) is 8.87. The number of hydrogen-bond donors (Lipinski definition) is 2. The normalized spacial score (nSPS) is 10.3. The summed E-state index contributed by atoms with van der Waals surface area (Å²) in [7, 11) is 1.53. The van der Waals surface area contributed by atoms with Crippen LogP contribution in [0.1, 0.15) is 12.6 Å². The largest absolute Gasteiger partial charge is 0.495 e. The van der Waals surface area contributed by atoms with E-state index < -0.39 is 4.92 Å². The molecule has 0 aliphatic rings. The standard InChI is InChI=1S/C20H21N5O4/c1-4-29-15-11-9-14(10-12-15)22-20-21-13(2)18(25(26)27)19(24-20)23-16-7-5-6-8-17(16)28-3/h5-12H,4H2,1-3H3,(H2,21,22,23,24). The lowest BCUT2D eigenvalue weighted by Crippen LogP contribution is -2.07. The first-order chi connectivity index (χ1) is 14.0. The lowest BCUT2D eigenvalue weighted by molar-refractivity contribution is -0.385. The fourth-order valence-corrected chi connectivity index (χ4v) is 2.73. The Morgan fingerprint density at radius 1 is 1.07 bits per heavy atom. The van der Waals surface area contributed by atoms with Gasteiger partial charge in [-0.2, -0.15) is 4.98 Å². The summed E-state index contributed by atoms with van der Waals surface area (Å²) in [6, 6.07) is 14.4.